The third-order valence-corrected chi connectivity index (χ3v) is 3.20. The number of ether oxygens (including phenoxy) is 1. The molecule has 1 aromatic heterocycles. The molecular formula is C15H10ClN5O. The molecule has 0 fully saturated rings. The Bertz CT molecular complexity index is 826. The van der Waals surface area contributed by atoms with Crippen LogP contribution in [0.15, 0.2) is 48.8 Å². The SMILES string of the molecule is N#Cc1ccc(OCc2cccc(Cl)c2)c(-n2cnnn2)c1. The largest absolute Gasteiger partial charge is 0.487 e. The lowest BCUT2D eigenvalue weighted by Gasteiger charge is -2.11. The monoisotopic (exact) mass is 311 g/mol. The van der Waals surface area contributed by atoms with E-state index in [1.165, 1.54) is 11.0 Å². The predicted octanol–water partition coefficient (Wildman–Crippen LogP) is 2.77. The maximum absolute atomic E-state index is 9.02. The van der Waals surface area contributed by atoms with Gasteiger partial charge in [0.25, 0.3) is 0 Å². The van der Waals surface area contributed by atoms with Crippen LogP contribution in [-0.2, 0) is 6.61 Å². The maximum Gasteiger partial charge on any atom is 0.145 e. The van der Waals surface area contributed by atoms with Gasteiger partial charge in [-0.1, -0.05) is 23.7 Å². The Labute approximate surface area is 131 Å². The summed E-state index contributed by atoms with van der Waals surface area (Å²) in [5, 5.41) is 20.7. The Morgan fingerprint density at radius 2 is 2.14 bits per heavy atom. The first-order valence-electron chi connectivity index (χ1n) is 6.41. The van der Waals surface area contributed by atoms with Gasteiger partial charge in [-0.05, 0) is 46.3 Å². The molecule has 108 valence electrons. The summed E-state index contributed by atoms with van der Waals surface area (Å²) in [4.78, 5) is 0. The third kappa shape index (κ3) is 3.05. The molecule has 3 aromatic rings. The highest BCUT2D eigenvalue weighted by atomic mass is 35.5. The van der Waals surface area contributed by atoms with Gasteiger partial charge < -0.3 is 4.74 Å². The Morgan fingerprint density at radius 1 is 1.23 bits per heavy atom. The van der Waals surface area contributed by atoms with Gasteiger partial charge in [-0.2, -0.15) is 9.94 Å². The van der Waals surface area contributed by atoms with Gasteiger partial charge >= 0.3 is 0 Å². The molecule has 22 heavy (non-hydrogen) atoms. The second-order valence-corrected chi connectivity index (χ2v) is 4.90. The summed E-state index contributed by atoms with van der Waals surface area (Å²) < 4.78 is 7.27. The van der Waals surface area contributed by atoms with Crippen molar-refractivity contribution in [2.45, 2.75) is 6.61 Å². The molecule has 0 spiro atoms. The van der Waals surface area contributed by atoms with Crippen LogP contribution in [0, 0.1) is 11.3 Å². The zero-order valence-electron chi connectivity index (χ0n) is 11.3. The van der Waals surface area contributed by atoms with E-state index in [2.05, 4.69) is 21.6 Å². The zero-order valence-corrected chi connectivity index (χ0v) is 12.1. The number of hydrogen-bond donors (Lipinski definition) is 0. The van der Waals surface area contributed by atoms with Crippen molar-refractivity contribution in [3.63, 3.8) is 0 Å². The molecule has 1 heterocycles. The van der Waals surface area contributed by atoms with Crippen LogP contribution in [0.3, 0.4) is 0 Å². The highest BCUT2D eigenvalue weighted by molar-refractivity contribution is 6.30. The third-order valence-electron chi connectivity index (χ3n) is 2.97. The number of tetrazole rings is 1. The number of halogens is 1. The van der Waals surface area contributed by atoms with E-state index in [0.717, 1.165) is 5.56 Å². The standard InChI is InChI=1S/C15H10ClN5O/c16-13-3-1-2-12(6-13)9-22-15-5-4-11(8-17)7-14(15)21-10-18-19-20-21/h1-7,10H,9H2. The maximum atomic E-state index is 9.02. The average molecular weight is 312 g/mol. The van der Waals surface area contributed by atoms with E-state index in [4.69, 9.17) is 21.6 Å². The molecule has 0 bridgehead atoms. The second kappa shape index (κ2) is 6.24. The number of nitriles is 1. The van der Waals surface area contributed by atoms with E-state index in [-0.39, 0.29) is 0 Å². The molecule has 0 aliphatic heterocycles. The second-order valence-electron chi connectivity index (χ2n) is 4.47. The molecule has 3 rings (SSSR count). The molecule has 0 N–H and O–H groups in total. The molecule has 0 unspecified atom stereocenters. The van der Waals surface area contributed by atoms with Gasteiger partial charge in [0.1, 0.15) is 24.4 Å². The summed E-state index contributed by atoms with van der Waals surface area (Å²) in [7, 11) is 0. The van der Waals surface area contributed by atoms with Crippen molar-refractivity contribution in [1.82, 2.24) is 20.2 Å². The molecule has 0 saturated heterocycles. The van der Waals surface area contributed by atoms with E-state index in [0.29, 0.717) is 28.6 Å². The first-order chi connectivity index (χ1) is 10.8. The van der Waals surface area contributed by atoms with Crippen LogP contribution in [0.4, 0.5) is 0 Å². The fourth-order valence-corrected chi connectivity index (χ4v) is 2.16. The van der Waals surface area contributed by atoms with Crippen LogP contribution >= 0.6 is 11.6 Å². The van der Waals surface area contributed by atoms with Crippen molar-refractivity contribution in [3.8, 4) is 17.5 Å². The quantitative estimate of drug-likeness (QED) is 0.740. The minimum Gasteiger partial charge on any atom is -0.487 e. The number of rotatable bonds is 4. The summed E-state index contributed by atoms with van der Waals surface area (Å²) in [6, 6.07) is 14.6. The van der Waals surface area contributed by atoms with E-state index >= 15 is 0 Å². The van der Waals surface area contributed by atoms with Gasteiger partial charge in [0.05, 0.1) is 11.6 Å². The molecule has 0 atom stereocenters. The van der Waals surface area contributed by atoms with Crippen LogP contribution in [0.5, 0.6) is 5.75 Å². The molecule has 0 radical (unpaired) electrons. The normalized spacial score (nSPS) is 10.2. The zero-order chi connectivity index (χ0) is 15.4. The summed E-state index contributed by atoms with van der Waals surface area (Å²) in [5.41, 5.74) is 2.05. The Hall–Kier alpha value is -2.91. The first kappa shape index (κ1) is 14.0. The highest BCUT2D eigenvalue weighted by Crippen LogP contribution is 2.24. The molecule has 0 saturated carbocycles. The summed E-state index contributed by atoms with van der Waals surface area (Å²) in [6.45, 7) is 0.349. The smallest absolute Gasteiger partial charge is 0.145 e. The molecule has 7 heteroatoms. The lowest BCUT2D eigenvalue weighted by molar-refractivity contribution is 0.304. The molecule has 0 amide bonds. The summed E-state index contributed by atoms with van der Waals surface area (Å²) in [6.07, 6.45) is 1.45. The molecule has 2 aromatic carbocycles. The Kier molecular flexibility index (Phi) is 3.99. The highest BCUT2D eigenvalue weighted by Gasteiger charge is 2.09. The summed E-state index contributed by atoms with van der Waals surface area (Å²) in [5.74, 6) is 0.575. The number of hydrogen-bond acceptors (Lipinski definition) is 5. The van der Waals surface area contributed by atoms with E-state index in [9.17, 15) is 0 Å². The van der Waals surface area contributed by atoms with Gasteiger partial charge in [0.15, 0.2) is 0 Å². The molecule has 6 nitrogen and oxygen atoms in total. The minimum atomic E-state index is 0.349. The van der Waals surface area contributed by atoms with Crippen LogP contribution in [0.2, 0.25) is 5.02 Å². The van der Waals surface area contributed by atoms with Crippen LogP contribution in [-0.4, -0.2) is 20.2 Å². The van der Waals surface area contributed by atoms with Gasteiger partial charge in [-0.15, -0.1) is 5.10 Å². The number of benzene rings is 2. The van der Waals surface area contributed by atoms with E-state index < -0.39 is 0 Å². The van der Waals surface area contributed by atoms with E-state index in [1.54, 1.807) is 24.3 Å². The first-order valence-corrected chi connectivity index (χ1v) is 6.79. The van der Waals surface area contributed by atoms with Gasteiger partial charge in [-0.3, -0.25) is 0 Å². The van der Waals surface area contributed by atoms with Crippen molar-refractivity contribution >= 4 is 11.6 Å². The number of aromatic nitrogens is 4. The van der Waals surface area contributed by atoms with Crippen molar-refractivity contribution in [2.75, 3.05) is 0 Å². The van der Waals surface area contributed by atoms with Gasteiger partial charge in [0, 0.05) is 5.02 Å². The van der Waals surface area contributed by atoms with Gasteiger partial charge in [0.2, 0.25) is 0 Å². The Morgan fingerprint density at radius 3 is 2.86 bits per heavy atom. The van der Waals surface area contributed by atoms with Crippen molar-refractivity contribution in [1.29, 1.82) is 5.26 Å². The molecule has 0 aliphatic carbocycles. The van der Waals surface area contributed by atoms with E-state index in [1.807, 2.05) is 18.2 Å². The van der Waals surface area contributed by atoms with Crippen LogP contribution in [0.25, 0.3) is 5.69 Å². The van der Waals surface area contributed by atoms with Gasteiger partial charge in [-0.25, -0.2) is 0 Å². The fourth-order valence-electron chi connectivity index (χ4n) is 1.95. The van der Waals surface area contributed by atoms with Crippen molar-refractivity contribution in [2.24, 2.45) is 0 Å². The lowest BCUT2D eigenvalue weighted by atomic mass is 10.2. The Balaban J connectivity index is 1.89. The lowest BCUT2D eigenvalue weighted by Crippen LogP contribution is -2.03. The average Bonchev–Trinajstić information content (AvgIpc) is 3.07. The van der Waals surface area contributed by atoms with Crippen molar-refractivity contribution < 1.29 is 4.74 Å². The minimum absolute atomic E-state index is 0.349. The topological polar surface area (TPSA) is 76.6 Å². The summed E-state index contributed by atoms with van der Waals surface area (Å²) >= 11 is 5.96. The fraction of sp³-hybridized carbons (Fsp3) is 0.0667. The predicted molar refractivity (Wildman–Crippen MR) is 79.7 cm³/mol. The van der Waals surface area contributed by atoms with Crippen molar-refractivity contribution in [3.05, 3.63) is 64.9 Å². The van der Waals surface area contributed by atoms with Crippen LogP contribution < -0.4 is 4.74 Å². The number of nitrogens with zero attached hydrogens (tertiary/aromatic N) is 5. The van der Waals surface area contributed by atoms with Crippen LogP contribution in [0.1, 0.15) is 11.1 Å². The molecular weight excluding hydrogens is 302 g/mol. The molecule has 0 aliphatic rings.